The number of aromatic nitrogens is 2. The van der Waals surface area contributed by atoms with Gasteiger partial charge in [0.25, 0.3) is 0 Å². The molecule has 0 fully saturated rings. The molecule has 0 saturated heterocycles. The van der Waals surface area contributed by atoms with Crippen LogP contribution in [0.5, 0.6) is 0 Å². The number of thiocarbonyl (C=S) groups is 1. The fraction of sp³-hybridized carbons (Fsp3) is 0.250. The number of hydrazone groups is 1. The van der Waals surface area contributed by atoms with Crippen molar-refractivity contribution in [2.45, 2.75) is 6.92 Å². The lowest BCUT2D eigenvalue weighted by atomic mass is 10.4. The smallest absolute Gasteiger partial charge is 0.175 e. The van der Waals surface area contributed by atoms with E-state index < -0.39 is 0 Å². The summed E-state index contributed by atoms with van der Waals surface area (Å²) in [5.41, 5.74) is 3.44. The number of thioether (sulfide) groups is 1. The SMILES string of the molecule is CSC(=S)N/N=C(\C)c1ncccn1. The number of nitrogens with one attached hydrogen (secondary N) is 1. The minimum absolute atomic E-state index is 0.601. The van der Waals surface area contributed by atoms with E-state index in [1.54, 1.807) is 18.5 Å². The third kappa shape index (κ3) is 3.39. The molecule has 74 valence electrons. The van der Waals surface area contributed by atoms with Crippen molar-refractivity contribution in [1.82, 2.24) is 15.4 Å². The summed E-state index contributed by atoms with van der Waals surface area (Å²) in [4.78, 5) is 8.10. The highest BCUT2D eigenvalue weighted by Gasteiger charge is 1.98. The van der Waals surface area contributed by atoms with Crippen LogP contribution >= 0.6 is 24.0 Å². The Balaban J connectivity index is 2.66. The summed E-state index contributed by atoms with van der Waals surface area (Å²) >= 11 is 6.36. The normalized spacial score (nSPS) is 11.1. The Kier molecular flexibility index (Phi) is 4.48. The van der Waals surface area contributed by atoms with Gasteiger partial charge in [-0.1, -0.05) is 24.0 Å². The predicted octanol–water partition coefficient (Wildman–Crippen LogP) is 1.44. The van der Waals surface area contributed by atoms with E-state index in [1.165, 1.54) is 11.8 Å². The molecule has 0 spiro atoms. The molecule has 1 aromatic heterocycles. The van der Waals surface area contributed by atoms with Crippen molar-refractivity contribution in [2.24, 2.45) is 5.10 Å². The molecule has 0 aliphatic heterocycles. The highest BCUT2D eigenvalue weighted by molar-refractivity contribution is 8.22. The highest BCUT2D eigenvalue weighted by Crippen LogP contribution is 1.95. The maximum Gasteiger partial charge on any atom is 0.175 e. The van der Waals surface area contributed by atoms with Gasteiger partial charge in [0.2, 0.25) is 0 Å². The fourth-order valence-electron chi connectivity index (χ4n) is 0.711. The fourth-order valence-corrected chi connectivity index (χ4v) is 0.894. The lowest BCUT2D eigenvalue weighted by Crippen LogP contribution is -2.14. The Hall–Kier alpha value is -1.01. The molecule has 0 unspecified atom stereocenters. The third-order valence-corrected chi connectivity index (χ3v) is 2.44. The molecule has 0 atom stereocenters. The van der Waals surface area contributed by atoms with Gasteiger partial charge in [0.1, 0.15) is 5.71 Å². The summed E-state index contributed by atoms with van der Waals surface area (Å²) in [5, 5.41) is 4.04. The summed E-state index contributed by atoms with van der Waals surface area (Å²) in [6, 6.07) is 1.76. The van der Waals surface area contributed by atoms with Crippen molar-refractivity contribution in [2.75, 3.05) is 6.26 Å². The van der Waals surface area contributed by atoms with Crippen molar-refractivity contribution < 1.29 is 0 Å². The first-order valence-corrected chi connectivity index (χ1v) is 5.53. The Morgan fingerprint density at radius 2 is 2.14 bits per heavy atom. The number of hydrogen-bond acceptors (Lipinski definition) is 5. The van der Waals surface area contributed by atoms with Crippen LogP contribution in [0.2, 0.25) is 0 Å². The molecule has 0 radical (unpaired) electrons. The van der Waals surface area contributed by atoms with Crippen molar-refractivity contribution in [3.8, 4) is 0 Å². The topological polar surface area (TPSA) is 50.2 Å². The first-order valence-electron chi connectivity index (χ1n) is 3.89. The summed E-state index contributed by atoms with van der Waals surface area (Å²) in [7, 11) is 0. The molecule has 0 aromatic carbocycles. The summed E-state index contributed by atoms with van der Waals surface area (Å²) in [5.74, 6) is 0.601. The molecule has 0 bridgehead atoms. The average Bonchev–Trinajstić information content (AvgIpc) is 2.26. The summed E-state index contributed by atoms with van der Waals surface area (Å²) < 4.78 is 0.625. The number of rotatable bonds is 2. The van der Waals surface area contributed by atoms with E-state index in [0.717, 1.165) is 0 Å². The molecular formula is C8H10N4S2. The standard InChI is InChI=1S/C8H10N4S2/c1-6(11-12-8(13)14-2)7-9-4-3-5-10-7/h3-5H,1-2H3,(H,12,13)/b11-6+. The molecule has 1 aromatic rings. The lowest BCUT2D eigenvalue weighted by molar-refractivity contribution is 1.03. The molecule has 1 N–H and O–H groups in total. The van der Waals surface area contributed by atoms with Gasteiger partial charge in [-0.05, 0) is 19.2 Å². The minimum Gasteiger partial charge on any atom is -0.262 e. The molecule has 6 heteroatoms. The van der Waals surface area contributed by atoms with Crippen LogP contribution in [0.4, 0.5) is 0 Å². The van der Waals surface area contributed by atoms with Gasteiger partial charge in [0.15, 0.2) is 10.1 Å². The molecule has 0 amide bonds. The average molecular weight is 226 g/mol. The minimum atomic E-state index is 0.601. The molecule has 4 nitrogen and oxygen atoms in total. The molecule has 0 aliphatic carbocycles. The Morgan fingerprint density at radius 3 is 2.71 bits per heavy atom. The summed E-state index contributed by atoms with van der Waals surface area (Å²) in [6.45, 7) is 1.82. The van der Waals surface area contributed by atoms with E-state index in [9.17, 15) is 0 Å². The second kappa shape index (κ2) is 5.66. The molecule has 14 heavy (non-hydrogen) atoms. The molecule has 1 rings (SSSR count). The van der Waals surface area contributed by atoms with Crippen molar-refractivity contribution >= 4 is 34.0 Å². The van der Waals surface area contributed by atoms with Gasteiger partial charge < -0.3 is 0 Å². The van der Waals surface area contributed by atoms with Crippen LogP contribution in [0.3, 0.4) is 0 Å². The lowest BCUT2D eigenvalue weighted by Gasteiger charge is -2.00. The van der Waals surface area contributed by atoms with Crippen LogP contribution < -0.4 is 5.43 Å². The van der Waals surface area contributed by atoms with Crippen molar-refractivity contribution in [3.63, 3.8) is 0 Å². The van der Waals surface area contributed by atoms with Crippen molar-refractivity contribution in [1.29, 1.82) is 0 Å². The van der Waals surface area contributed by atoms with E-state index in [-0.39, 0.29) is 0 Å². The van der Waals surface area contributed by atoms with Gasteiger partial charge in [-0.15, -0.1) is 0 Å². The van der Waals surface area contributed by atoms with Gasteiger partial charge in [-0.2, -0.15) is 5.10 Å². The van der Waals surface area contributed by atoms with Crippen LogP contribution in [0.15, 0.2) is 23.6 Å². The van der Waals surface area contributed by atoms with Gasteiger partial charge in [-0.3, -0.25) is 5.43 Å². The largest absolute Gasteiger partial charge is 0.262 e. The van der Waals surface area contributed by atoms with E-state index in [1.807, 2.05) is 13.2 Å². The number of nitrogens with zero attached hydrogens (tertiary/aromatic N) is 3. The van der Waals surface area contributed by atoms with Crippen LogP contribution in [0, 0.1) is 0 Å². The first kappa shape index (κ1) is 11.1. The van der Waals surface area contributed by atoms with Gasteiger partial charge >= 0.3 is 0 Å². The Morgan fingerprint density at radius 1 is 1.50 bits per heavy atom. The van der Waals surface area contributed by atoms with Crippen molar-refractivity contribution in [3.05, 3.63) is 24.3 Å². The van der Waals surface area contributed by atoms with Gasteiger partial charge in [0, 0.05) is 12.4 Å². The first-order chi connectivity index (χ1) is 6.74. The third-order valence-electron chi connectivity index (χ3n) is 1.39. The quantitative estimate of drug-likeness (QED) is 0.470. The van der Waals surface area contributed by atoms with E-state index in [0.29, 0.717) is 15.9 Å². The maximum absolute atomic E-state index is 4.93. The molecular weight excluding hydrogens is 216 g/mol. The highest BCUT2D eigenvalue weighted by atomic mass is 32.2. The second-order valence-electron chi connectivity index (χ2n) is 2.37. The number of hydrogen-bond donors (Lipinski definition) is 1. The Labute approximate surface area is 92.2 Å². The zero-order valence-electron chi connectivity index (χ0n) is 7.89. The van der Waals surface area contributed by atoms with Crippen LogP contribution in [-0.2, 0) is 0 Å². The maximum atomic E-state index is 4.93. The Bertz CT molecular complexity index is 336. The molecule has 1 heterocycles. The molecule has 0 aliphatic rings. The van der Waals surface area contributed by atoms with Gasteiger partial charge in [0.05, 0.1) is 0 Å². The predicted molar refractivity (Wildman–Crippen MR) is 63.5 cm³/mol. The van der Waals surface area contributed by atoms with E-state index in [4.69, 9.17) is 12.2 Å². The van der Waals surface area contributed by atoms with E-state index in [2.05, 4.69) is 20.5 Å². The second-order valence-corrected chi connectivity index (χ2v) is 3.86. The van der Waals surface area contributed by atoms with Crippen LogP contribution in [0.1, 0.15) is 12.7 Å². The zero-order chi connectivity index (χ0) is 10.4. The van der Waals surface area contributed by atoms with Crippen LogP contribution in [0.25, 0.3) is 0 Å². The van der Waals surface area contributed by atoms with Crippen LogP contribution in [-0.4, -0.2) is 26.3 Å². The molecule has 0 saturated carbocycles. The van der Waals surface area contributed by atoms with E-state index >= 15 is 0 Å². The van der Waals surface area contributed by atoms with Gasteiger partial charge in [-0.25, -0.2) is 9.97 Å². The monoisotopic (exact) mass is 226 g/mol. The zero-order valence-corrected chi connectivity index (χ0v) is 9.52. The summed E-state index contributed by atoms with van der Waals surface area (Å²) in [6.07, 6.45) is 5.24.